The molecule has 0 saturated heterocycles. The van der Waals surface area contributed by atoms with Crippen LogP contribution < -0.4 is 0 Å². The molecular formula is C26H38O4. The minimum atomic E-state index is -0.421. The van der Waals surface area contributed by atoms with Crippen LogP contribution in [0.25, 0.3) is 0 Å². The molecule has 0 aromatic heterocycles. The van der Waals surface area contributed by atoms with E-state index >= 15 is 0 Å². The lowest BCUT2D eigenvalue weighted by atomic mass is 9.71. The molecule has 1 aromatic rings. The van der Waals surface area contributed by atoms with Crippen molar-refractivity contribution in [2.45, 2.75) is 92.3 Å². The van der Waals surface area contributed by atoms with Crippen LogP contribution in [0.1, 0.15) is 101 Å². The minimum Gasteiger partial charge on any atom is -0.459 e. The van der Waals surface area contributed by atoms with Crippen molar-refractivity contribution in [1.82, 2.24) is 0 Å². The molecule has 2 aliphatic rings. The molecule has 0 radical (unpaired) electrons. The summed E-state index contributed by atoms with van der Waals surface area (Å²) in [6, 6.07) is 6.88. The molecule has 0 N–H and O–H groups in total. The van der Waals surface area contributed by atoms with Gasteiger partial charge in [-0.05, 0) is 73.3 Å². The van der Waals surface area contributed by atoms with E-state index in [0.717, 1.165) is 38.5 Å². The number of benzene rings is 1. The lowest BCUT2D eigenvalue weighted by Crippen LogP contribution is -2.35. The molecule has 1 aromatic carbocycles. The first kappa shape index (κ1) is 22.8. The monoisotopic (exact) mass is 414 g/mol. The maximum atomic E-state index is 13.0. The standard InChI is InChI=1S/C26H38O4/c1-17-11-19(15-25(3,4)13-17)29-23(27)21-9-7-8-10-22(21)24(28)30-20-12-18(2)14-26(5,6)16-20/h7-10,17-20H,11-16H2,1-6H3/t17-,18-,19-,20-/m1/s1. The topological polar surface area (TPSA) is 52.6 Å². The normalized spacial score (nSPS) is 30.3. The van der Waals surface area contributed by atoms with Gasteiger partial charge in [-0.15, -0.1) is 0 Å². The molecule has 0 amide bonds. The highest BCUT2D eigenvalue weighted by atomic mass is 16.6. The molecule has 4 nitrogen and oxygen atoms in total. The molecular weight excluding hydrogens is 376 g/mol. The fourth-order valence-electron chi connectivity index (χ4n) is 5.97. The summed E-state index contributed by atoms with van der Waals surface area (Å²) in [6.45, 7) is 13.3. The minimum absolute atomic E-state index is 0.111. The van der Waals surface area contributed by atoms with Crippen molar-refractivity contribution in [3.8, 4) is 0 Å². The molecule has 30 heavy (non-hydrogen) atoms. The average Bonchev–Trinajstić information content (AvgIpc) is 2.58. The van der Waals surface area contributed by atoms with Crippen LogP contribution in [0.2, 0.25) is 0 Å². The summed E-state index contributed by atoms with van der Waals surface area (Å²) in [4.78, 5) is 25.9. The van der Waals surface area contributed by atoms with Crippen molar-refractivity contribution < 1.29 is 19.1 Å². The molecule has 2 saturated carbocycles. The van der Waals surface area contributed by atoms with Gasteiger partial charge in [0.25, 0.3) is 0 Å². The van der Waals surface area contributed by atoms with Crippen molar-refractivity contribution in [2.24, 2.45) is 22.7 Å². The Bertz CT molecular complexity index is 714. The molecule has 0 spiro atoms. The largest absolute Gasteiger partial charge is 0.459 e. The predicted octanol–water partition coefficient (Wildman–Crippen LogP) is 6.43. The second-order valence-electron chi connectivity index (χ2n) is 11.4. The Hall–Kier alpha value is -1.84. The number of hydrogen-bond acceptors (Lipinski definition) is 4. The van der Waals surface area contributed by atoms with Gasteiger partial charge < -0.3 is 9.47 Å². The van der Waals surface area contributed by atoms with Gasteiger partial charge in [-0.25, -0.2) is 9.59 Å². The fourth-order valence-corrected chi connectivity index (χ4v) is 5.97. The zero-order valence-electron chi connectivity index (χ0n) is 19.5. The summed E-state index contributed by atoms with van der Waals surface area (Å²) in [5, 5.41) is 0. The number of hydrogen-bond donors (Lipinski definition) is 0. The number of esters is 2. The van der Waals surface area contributed by atoms with Crippen LogP contribution in [0.15, 0.2) is 24.3 Å². The van der Waals surface area contributed by atoms with Gasteiger partial charge in [0.05, 0.1) is 11.1 Å². The van der Waals surface area contributed by atoms with Crippen molar-refractivity contribution in [2.75, 3.05) is 0 Å². The van der Waals surface area contributed by atoms with Crippen molar-refractivity contribution in [3.05, 3.63) is 35.4 Å². The number of rotatable bonds is 4. The third-order valence-corrected chi connectivity index (χ3v) is 6.61. The van der Waals surface area contributed by atoms with E-state index < -0.39 is 11.9 Å². The van der Waals surface area contributed by atoms with Gasteiger partial charge >= 0.3 is 11.9 Å². The zero-order valence-corrected chi connectivity index (χ0v) is 19.5. The first-order valence-electron chi connectivity index (χ1n) is 11.5. The molecule has 2 aliphatic carbocycles. The summed E-state index contributed by atoms with van der Waals surface area (Å²) >= 11 is 0. The Morgan fingerprint density at radius 2 is 1.10 bits per heavy atom. The molecule has 0 aliphatic heterocycles. The van der Waals surface area contributed by atoms with Crippen LogP contribution in [-0.2, 0) is 9.47 Å². The van der Waals surface area contributed by atoms with Crippen LogP contribution in [0.5, 0.6) is 0 Å². The third kappa shape index (κ3) is 5.86. The summed E-state index contributed by atoms with van der Waals surface area (Å²) in [5.41, 5.74) is 0.931. The van der Waals surface area contributed by atoms with E-state index in [-0.39, 0.29) is 23.0 Å². The van der Waals surface area contributed by atoms with Crippen LogP contribution in [0.3, 0.4) is 0 Å². The quantitative estimate of drug-likeness (QED) is 0.533. The highest BCUT2D eigenvalue weighted by Crippen LogP contribution is 2.41. The van der Waals surface area contributed by atoms with Crippen LogP contribution >= 0.6 is 0 Å². The van der Waals surface area contributed by atoms with E-state index in [0.29, 0.717) is 23.0 Å². The van der Waals surface area contributed by atoms with Gasteiger partial charge in [0.2, 0.25) is 0 Å². The van der Waals surface area contributed by atoms with Gasteiger partial charge in [0.1, 0.15) is 12.2 Å². The van der Waals surface area contributed by atoms with E-state index in [4.69, 9.17) is 9.47 Å². The van der Waals surface area contributed by atoms with Crippen molar-refractivity contribution >= 4 is 11.9 Å². The van der Waals surface area contributed by atoms with E-state index in [1.165, 1.54) is 0 Å². The van der Waals surface area contributed by atoms with Gasteiger partial charge in [-0.1, -0.05) is 53.7 Å². The molecule has 2 fully saturated rings. The fraction of sp³-hybridized carbons (Fsp3) is 0.692. The van der Waals surface area contributed by atoms with Gasteiger partial charge in [-0.2, -0.15) is 0 Å². The second kappa shape index (κ2) is 8.72. The summed E-state index contributed by atoms with van der Waals surface area (Å²) in [6.07, 6.45) is 5.50. The SMILES string of the molecule is C[C@@H]1C[C@@H](OC(=O)c2ccccc2C(=O)O[C@@H]2C[C@@H](C)CC(C)(C)C2)CC(C)(C)C1. The van der Waals surface area contributed by atoms with Crippen molar-refractivity contribution in [1.29, 1.82) is 0 Å². The first-order chi connectivity index (χ1) is 13.9. The Labute approximate surface area is 181 Å². The molecule has 0 unspecified atom stereocenters. The third-order valence-electron chi connectivity index (χ3n) is 6.61. The lowest BCUT2D eigenvalue weighted by Gasteiger charge is -2.38. The Morgan fingerprint density at radius 3 is 1.43 bits per heavy atom. The number of carbonyl (C=O) groups is 2. The van der Waals surface area contributed by atoms with Crippen LogP contribution in [0, 0.1) is 22.7 Å². The molecule has 166 valence electrons. The summed E-state index contributed by atoms with van der Waals surface area (Å²) in [5.74, 6) is 0.191. The van der Waals surface area contributed by atoms with E-state index in [9.17, 15) is 9.59 Å². The highest BCUT2D eigenvalue weighted by molar-refractivity contribution is 6.03. The molecule has 4 heteroatoms. The lowest BCUT2D eigenvalue weighted by molar-refractivity contribution is -0.0112. The van der Waals surface area contributed by atoms with Gasteiger partial charge in [-0.3, -0.25) is 0 Å². The molecule has 0 heterocycles. The molecule has 0 bridgehead atoms. The van der Waals surface area contributed by atoms with Crippen LogP contribution in [0.4, 0.5) is 0 Å². The van der Waals surface area contributed by atoms with Crippen molar-refractivity contribution in [3.63, 3.8) is 0 Å². The maximum absolute atomic E-state index is 13.0. The highest BCUT2D eigenvalue weighted by Gasteiger charge is 2.36. The van der Waals surface area contributed by atoms with E-state index in [1.807, 2.05) is 0 Å². The second-order valence-corrected chi connectivity index (χ2v) is 11.4. The zero-order chi connectivity index (χ0) is 22.1. The smallest absolute Gasteiger partial charge is 0.339 e. The van der Waals surface area contributed by atoms with Crippen LogP contribution in [-0.4, -0.2) is 24.1 Å². The van der Waals surface area contributed by atoms with Gasteiger partial charge in [0, 0.05) is 0 Å². The predicted molar refractivity (Wildman–Crippen MR) is 118 cm³/mol. The summed E-state index contributed by atoms with van der Waals surface area (Å²) < 4.78 is 11.7. The number of ether oxygens (including phenoxy) is 2. The maximum Gasteiger partial charge on any atom is 0.339 e. The average molecular weight is 415 g/mol. The number of carbonyl (C=O) groups excluding carboxylic acids is 2. The van der Waals surface area contributed by atoms with E-state index in [2.05, 4.69) is 41.5 Å². The Morgan fingerprint density at radius 1 is 0.733 bits per heavy atom. The Kier molecular flexibility index (Phi) is 6.64. The molecule has 4 atom stereocenters. The van der Waals surface area contributed by atoms with Gasteiger partial charge in [0.15, 0.2) is 0 Å². The molecule has 3 rings (SSSR count). The van der Waals surface area contributed by atoms with E-state index in [1.54, 1.807) is 24.3 Å². The first-order valence-corrected chi connectivity index (χ1v) is 11.5. The Balaban J connectivity index is 1.70. The summed E-state index contributed by atoms with van der Waals surface area (Å²) in [7, 11) is 0.